The summed E-state index contributed by atoms with van der Waals surface area (Å²) in [5, 5.41) is 11.7. The number of carbonyl (C=O) groups is 3. The molecule has 0 saturated carbocycles. The second-order valence-electron chi connectivity index (χ2n) is 6.25. The zero-order chi connectivity index (χ0) is 15.3. The third kappa shape index (κ3) is 1.92. The first kappa shape index (κ1) is 14.9. The number of rotatable bonds is 2. The second kappa shape index (κ2) is 4.53. The van der Waals surface area contributed by atoms with E-state index in [0.29, 0.717) is 11.5 Å². The quantitative estimate of drug-likeness (QED) is 0.757. The molecule has 2 saturated heterocycles. The highest BCUT2D eigenvalue weighted by molar-refractivity contribution is 6.01. The van der Waals surface area contributed by atoms with E-state index in [2.05, 4.69) is 0 Å². The molecule has 0 aromatic carbocycles. The van der Waals surface area contributed by atoms with Crippen LogP contribution in [0.5, 0.6) is 0 Å². The van der Waals surface area contributed by atoms with Crippen molar-refractivity contribution in [3.8, 4) is 0 Å². The molecule has 20 heavy (non-hydrogen) atoms. The molecule has 2 heterocycles. The number of hydrogen-bond donors (Lipinski definition) is 1. The number of nitrogens with zero attached hydrogens (tertiary/aromatic N) is 2. The molecule has 0 aromatic rings. The maximum absolute atomic E-state index is 12.4. The molecule has 2 fully saturated rings. The van der Waals surface area contributed by atoms with Gasteiger partial charge >= 0.3 is 5.97 Å². The first-order valence-electron chi connectivity index (χ1n) is 6.67. The molecule has 0 bridgehead atoms. The number of hydroxylamine groups is 4. The molecule has 1 N–H and O–H groups in total. The molecular formula is C13H20N2O5. The highest BCUT2D eigenvalue weighted by atomic mass is 16.7. The van der Waals surface area contributed by atoms with E-state index in [1.165, 1.54) is 0 Å². The second-order valence-corrected chi connectivity index (χ2v) is 6.25. The van der Waals surface area contributed by atoms with Crippen LogP contribution in [0.15, 0.2) is 0 Å². The minimum atomic E-state index is -1.01. The van der Waals surface area contributed by atoms with E-state index >= 15 is 0 Å². The van der Waals surface area contributed by atoms with Crippen molar-refractivity contribution in [1.29, 1.82) is 0 Å². The molecule has 0 aromatic heterocycles. The summed E-state index contributed by atoms with van der Waals surface area (Å²) < 4.78 is 0. The Bertz CT molecular complexity index is 459. The Morgan fingerprint density at radius 3 is 2.15 bits per heavy atom. The molecular weight excluding hydrogens is 264 g/mol. The molecule has 2 rings (SSSR count). The predicted octanol–water partition coefficient (Wildman–Crippen LogP) is 0.862. The summed E-state index contributed by atoms with van der Waals surface area (Å²) in [5.74, 6) is -1.68. The van der Waals surface area contributed by atoms with E-state index in [9.17, 15) is 19.6 Å². The highest BCUT2D eigenvalue weighted by Crippen LogP contribution is 2.48. The maximum atomic E-state index is 12.4. The Morgan fingerprint density at radius 2 is 1.75 bits per heavy atom. The van der Waals surface area contributed by atoms with Gasteiger partial charge in [-0.25, -0.2) is 4.79 Å². The van der Waals surface area contributed by atoms with Gasteiger partial charge in [-0.2, -0.15) is 5.06 Å². The molecule has 2 amide bonds. The lowest BCUT2D eigenvalue weighted by atomic mass is 9.73. The van der Waals surface area contributed by atoms with Crippen LogP contribution in [0.2, 0.25) is 0 Å². The molecule has 2 unspecified atom stereocenters. The van der Waals surface area contributed by atoms with Gasteiger partial charge in [0, 0.05) is 18.9 Å². The molecule has 0 aliphatic carbocycles. The normalized spacial score (nSPS) is 33.9. The van der Waals surface area contributed by atoms with Crippen LogP contribution >= 0.6 is 0 Å². The molecule has 0 spiro atoms. The lowest BCUT2D eigenvalue weighted by Crippen LogP contribution is -2.52. The molecule has 2 aliphatic heterocycles. The van der Waals surface area contributed by atoms with E-state index in [1.54, 1.807) is 27.7 Å². The van der Waals surface area contributed by atoms with Gasteiger partial charge in [0.05, 0.1) is 11.0 Å². The van der Waals surface area contributed by atoms with Gasteiger partial charge in [-0.15, -0.1) is 5.06 Å². The van der Waals surface area contributed by atoms with Gasteiger partial charge in [-0.1, -0.05) is 0 Å². The largest absolute Gasteiger partial charge is 0.340 e. The van der Waals surface area contributed by atoms with E-state index in [0.717, 1.165) is 5.06 Å². The number of amides is 2. The van der Waals surface area contributed by atoms with Crippen LogP contribution in [0, 0.1) is 5.41 Å². The fourth-order valence-corrected chi connectivity index (χ4v) is 2.91. The van der Waals surface area contributed by atoms with Crippen LogP contribution in [-0.2, 0) is 19.2 Å². The third-order valence-electron chi connectivity index (χ3n) is 4.67. The Hall–Kier alpha value is -1.47. The summed E-state index contributed by atoms with van der Waals surface area (Å²) in [4.78, 5) is 40.4. The van der Waals surface area contributed by atoms with Crippen molar-refractivity contribution in [3.63, 3.8) is 0 Å². The summed E-state index contributed by atoms with van der Waals surface area (Å²) in [7, 11) is 0. The first-order chi connectivity index (χ1) is 9.11. The van der Waals surface area contributed by atoms with Crippen molar-refractivity contribution >= 4 is 17.8 Å². The minimum absolute atomic E-state index is 0.0642. The Morgan fingerprint density at radius 1 is 1.25 bits per heavy atom. The van der Waals surface area contributed by atoms with Gasteiger partial charge in [0.15, 0.2) is 0 Å². The number of hydrogen-bond acceptors (Lipinski definition) is 6. The summed E-state index contributed by atoms with van der Waals surface area (Å²) in [5.41, 5.74) is -1.86. The fraction of sp³-hybridized carbons (Fsp3) is 0.769. The van der Waals surface area contributed by atoms with Crippen molar-refractivity contribution in [3.05, 3.63) is 0 Å². The van der Waals surface area contributed by atoms with Gasteiger partial charge in [-0.05, 0) is 34.1 Å². The zero-order valence-electron chi connectivity index (χ0n) is 12.2. The topological polar surface area (TPSA) is 87.2 Å². The molecule has 7 heteroatoms. The lowest BCUT2D eigenvalue weighted by Gasteiger charge is -2.38. The highest BCUT2D eigenvalue weighted by Gasteiger charge is 2.60. The van der Waals surface area contributed by atoms with Crippen LogP contribution < -0.4 is 0 Å². The van der Waals surface area contributed by atoms with Gasteiger partial charge < -0.3 is 10.0 Å². The Labute approximate surface area is 117 Å². The number of carbonyl (C=O) groups excluding carboxylic acids is 3. The average molecular weight is 284 g/mol. The molecule has 0 radical (unpaired) electrons. The van der Waals surface area contributed by atoms with Crippen LogP contribution in [0.25, 0.3) is 0 Å². The van der Waals surface area contributed by atoms with Gasteiger partial charge in [0.1, 0.15) is 0 Å². The average Bonchev–Trinajstić information content (AvgIpc) is 2.75. The standard InChI is InChI=1S/C13H20N2O5/c1-8-7-13(4,12(2,3)15(8)19)11(18)20-14-9(16)5-6-10(14)17/h8,19H,5-7H2,1-4H3. The van der Waals surface area contributed by atoms with Crippen LogP contribution in [0.1, 0.15) is 47.0 Å². The van der Waals surface area contributed by atoms with E-state index in [-0.39, 0.29) is 18.9 Å². The van der Waals surface area contributed by atoms with E-state index < -0.39 is 28.7 Å². The minimum Gasteiger partial charge on any atom is -0.330 e. The van der Waals surface area contributed by atoms with Crippen molar-refractivity contribution in [2.24, 2.45) is 5.41 Å². The third-order valence-corrected chi connectivity index (χ3v) is 4.67. The summed E-state index contributed by atoms with van der Waals surface area (Å²) in [6.45, 7) is 6.93. The monoisotopic (exact) mass is 284 g/mol. The van der Waals surface area contributed by atoms with Crippen LogP contribution in [0.3, 0.4) is 0 Å². The molecule has 7 nitrogen and oxygen atoms in total. The van der Waals surface area contributed by atoms with Gasteiger partial charge in [-0.3, -0.25) is 9.59 Å². The number of imide groups is 1. The summed E-state index contributed by atoms with van der Waals surface area (Å²) in [6, 6.07) is -0.215. The SMILES string of the molecule is CC1CC(C)(C(=O)ON2C(=O)CCC2=O)C(C)(C)N1O. The maximum Gasteiger partial charge on any atom is 0.340 e. The molecule has 112 valence electrons. The van der Waals surface area contributed by atoms with Crippen molar-refractivity contribution < 1.29 is 24.4 Å². The Balaban J connectivity index is 2.20. The fourth-order valence-electron chi connectivity index (χ4n) is 2.91. The summed E-state index contributed by atoms with van der Waals surface area (Å²) in [6.07, 6.45) is 0.509. The summed E-state index contributed by atoms with van der Waals surface area (Å²) >= 11 is 0. The van der Waals surface area contributed by atoms with Crippen molar-refractivity contribution in [2.45, 2.75) is 58.5 Å². The van der Waals surface area contributed by atoms with Crippen LogP contribution in [-0.4, -0.2) is 44.7 Å². The van der Waals surface area contributed by atoms with Crippen LogP contribution in [0.4, 0.5) is 0 Å². The smallest absolute Gasteiger partial charge is 0.330 e. The predicted molar refractivity (Wildman–Crippen MR) is 67.1 cm³/mol. The van der Waals surface area contributed by atoms with Crippen molar-refractivity contribution in [2.75, 3.05) is 0 Å². The van der Waals surface area contributed by atoms with E-state index in [1.807, 2.05) is 0 Å². The lowest BCUT2D eigenvalue weighted by molar-refractivity contribution is -0.216. The van der Waals surface area contributed by atoms with E-state index in [4.69, 9.17) is 4.84 Å². The molecule has 2 atom stereocenters. The Kier molecular flexibility index (Phi) is 3.38. The zero-order valence-corrected chi connectivity index (χ0v) is 12.2. The van der Waals surface area contributed by atoms with Gasteiger partial charge in [0.25, 0.3) is 11.8 Å². The first-order valence-corrected chi connectivity index (χ1v) is 6.67. The molecule has 2 aliphatic rings. The van der Waals surface area contributed by atoms with Gasteiger partial charge in [0.2, 0.25) is 0 Å². The van der Waals surface area contributed by atoms with Crippen molar-refractivity contribution in [1.82, 2.24) is 10.1 Å².